The van der Waals surface area contributed by atoms with Crippen LogP contribution in [-0.2, 0) is 6.42 Å². The summed E-state index contributed by atoms with van der Waals surface area (Å²) in [4.78, 5) is 0. The average molecular weight is 429 g/mol. The van der Waals surface area contributed by atoms with Crippen molar-refractivity contribution in [2.45, 2.75) is 84.5 Å². The fourth-order valence-electron chi connectivity index (χ4n) is 4.84. The lowest BCUT2D eigenvalue weighted by Gasteiger charge is -2.28. The number of aryl methyl sites for hydroxylation is 1. The molecule has 2 unspecified atom stereocenters. The van der Waals surface area contributed by atoms with Gasteiger partial charge < -0.3 is 4.74 Å². The molecule has 0 bridgehead atoms. The summed E-state index contributed by atoms with van der Waals surface area (Å²) in [5.74, 6) is -0.320. The molecule has 1 aromatic carbocycles. The van der Waals surface area contributed by atoms with E-state index in [0.717, 1.165) is 18.8 Å². The van der Waals surface area contributed by atoms with Crippen LogP contribution in [0.15, 0.2) is 47.6 Å². The van der Waals surface area contributed by atoms with Crippen LogP contribution in [0.4, 0.5) is 8.78 Å². The SMILES string of the molecule is CCCCC1=CCC(C2=CCC(C=CCCc3ccc(OCC)c(F)c3F)CC2)CC1. The fraction of sp³-hybridized carbons (Fsp3) is 0.571. The minimum absolute atomic E-state index is 0.00488. The van der Waals surface area contributed by atoms with E-state index in [1.165, 1.54) is 57.4 Å². The zero-order valence-electron chi connectivity index (χ0n) is 19.3. The molecule has 170 valence electrons. The monoisotopic (exact) mass is 428 g/mol. The first-order valence-electron chi connectivity index (χ1n) is 12.3. The van der Waals surface area contributed by atoms with Gasteiger partial charge in [0.1, 0.15) is 0 Å². The van der Waals surface area contributed by atoms with Gasteiger partial charge in [-0.1, -0.05) is 54.9 Å². The molecular weight excluding hydrogens is 390 g/mol. The predicted molar refractivity (Wildman–Crippen MR) is 125 cm³/mol. The Morgan fingerprint density at radius 2 is 1.87 bits per heavy atom. The molecule has 0 saturated heterocycles. The molecule has 0 aliphatic heterocycles. The predicted octanol–water partition coefficient (Wildman–Crippen LogP) is 8.50. The number of hydrogen-bond acceptors (Lipinski definition) is 1. The summed E-state index contributed by atoms with van der Waals surface area (Å²) in [6.07, 6.45) is 21.9. The first-order valence-corrected chi connectivity index (χ1v) is 12.3. The Balaban J connectivity index is 1.43. The van der Waals surface area contributed by atoms with Gasteiger partial charge in [-0.3, -0.25) is 0 Å². The first kappa shape index (κ1) is 23.8. The van der Waals surface area contributed by atoms with E-state index in [-0.39, 0.29) is 5.75 Å². The highest BCUT2D eigenvalue weighted by molar-refractivity contribution is 5.31. The minimum atomic E-state index is -0.872. The fourth-order valence-corrected chi connectivity index (χ4v) is 4.84. The Morgan fingerprint density at radius 1 is 1.00 bits per heavy atom. The number of ether oxygens (including phenoxy) is 1. The van der Waals surface area contributed by atoms with E-state index in [4.69, 9.17) is 4.74 Å². The van der Waals surface area contributed by atoms with Gasteiger partial charge in [0.25, 0.3) is 0 Å². The van der Waals surface area contributed by atoms with Crippen molar-refractivity contribution in [1.29, 1.82) is 0 Å². The van der Waals surface area contributed by atoms with Crippen molar-refractivity contribution in [2.75, 3.05) is 6.61 Å². The van der Waals surface area contributed by atoms with Crippen molar-refractivity contribution in [3.8, 4) is 5.75 Å². The Morgan fingerprint density at radius 3 is 2.55 bits per heavy atom. The zero-order chi connectivity index (χ0) is 22.1. The number of allylic oxidation sites excluding steroid dienone is 6. The van der Waals surface area contributed by atoms with E-state index >= 15 is 0 Å². The van der Waals surface area contributed by atoms with Gasteiger partial charge in [-0.15, -0.1) is 0 Å². The minimum Gasteiger partial charge on any atom is -0.491 e. The van der Waals surface area contributed by atoms with Gasteiger partial charge in [-0.2, -0.15) is 4.39 Å². The van der Waals surface area contributed by atoms with Crippen molar-refractivity contribution in [1.82, 2.24) is 0 Å². The number of hydrogen-bond donors (Lipinski definition) is 0. The van der Waals surface area contributed by atoms with Crippen molar-refractivity contribution in [3.63, 3.8) is 0 Å². The van der Waals surface area contributed by atoms with Gasteiger partial charge >= 0.3 is 0 Å². The normalized spacial score (nSPS) is 21.8. The molecule has 3 rings (SSSR count). The Hall–Kier alpha value is -1.90. The largest absolute Gasteiger partial charge is 0.491 e. The summed E-state index contributed by atoms with van der Waals surface area (Å²) in [5.41, 5.74) is 3.77. The van der Waals surface area contributed by atoms with Crippen LogP contribution in [0.5, 0.6) is 5.75 Å². The maximum Gasteiger partial charge on any atom is 0.200 e. The summed E-state index contributed by atoms with van der Waals surface area (Å²) in [6.45, 7) is 4.35. The average Bonchev–Trinajstić information content (AvgIpc) is 2.80. The Bertz CT molecular complexity index is 805. The van der Waals surface area contributed by atoms with Gasteiger partial charge in [-0.05, 0) is 94.6 Å². The Kier molecular flexibility index (Phi) is 9.36. The lowest BCUT2D eigenvalue weighted by molar-refractivity contribution is 0.313. The third kappa shape index (κ3) is 6.79. The van der Waals surface area contributed by atoms with Gasteiger partial charge in [0.15, 0.2) is 11.6 Å². The maximum absolute atomic E-state index is 14.2. The van der Waals surface area contributed by atoms with Crippen molar-refractivity contribution in [2.24, 2.45) is 11.8 Å². The summed E-state index contributed by atoms with van der Waals surface area (Å²) in [5, 5.41) is 0. The van der Waals surface area contributed by atoms with E-state index in [1.807, 2.05) is 0 Å². The second-order valence-corrected chi connectivity index (χ2v) is 9.00. The van der Waals surface area contributed by atoms with E-state index in [2.05, 4.69) is 31.2 Å². The van der Waals surface area contributed by atoms with Gasteiger partial charge in [0, 0.05) is 0 Å². The lowest BCUT2D eigenvalue weighted by Crippen LogP contribution is -2.13. The molecule has 0 fully saturated rings. The summed E-state index contributed by atoms with van der Waals surface area (Å²) in [6, 6.07) is 3.17. The molecule has 0 spiro atoms. The van der Waals surface area contributed by atoms with Crippen LogP contribution in [-0.4, -0.2) is 6.61 Å². The van der Waals surface area contributed by atoms with Crippen LogP contribution in [0.3, 0.4) is 0 Å². The van der Waals surface area contributed by atoms with Gasteiger partial charge in [-0.25, -0.2) is 4.39 Å². The van der Waals surface area contributed by atoms with Crippen LogP contribution in [0, 0.1) is 23.5 Å². The molecule has 0 heterocycles. The molecule has 0 amide bonds. The highest BCUT2D eigenvalue weighted by Gasteiger charge is 2.21. The second kappa shape index (κ2) is 12.2. The van der Waals surface area contributed by atoms with Gasteiger partial charge in [0.05, 0.1) is 6.61 Å². The molecular formula is C28H38F2O. The Labute approximate surface area is 187 Å². The molecule has 2 atom stereocenters. The molecule has 2 aliphatic carbocycles. The molecule has 1 nitrogen and oxygen atoms in total. The molecule has 0 radical (unpaired) electrons. The molecule has 0 aromatic heterocycles. The molecule has 3 heteroatoms. The zero-order valence-corrected chi connectivity index (χ0v) is 19.3. The van der Waals surface area contributed by atoms with E-state index in [0.29, 0.717) is 24.5 Å². The van der Waals surface area contributed by atoms with E-state index < -0.39 is 11.6 Å². The number of unbranched alkanes of at least 4 members (excludes halogenated alkanes) is 1. The second-order valence-electron chi connectivity index (χ2n) is 9.00. The smallest absolute Gasteiger partial charge is 0.200 e. The first-order chi connectivity index (χ1) is 15.1. The number of rotatable bonds is 10. The van der Waals surface area contributed by atoms with Crippen molar-refractivity contribution >= 4 is 0 Å². The highest BCUT2D eigenvalue weighted by Crippen LogP contribution is 2.37. The molecule has 0 N–H and O–H groups in total. The lowest BCUT2D eigenvalue weighted by atomic mass is 9.77. The number of halogens is 2. The maximum atomic E-state index is 14.2. The van der Waals surface area contributed by atoms with E-state index in [9.17, 15) is 8.78 Å². The van der Waals surface area contributed by atoms with Crippen molar-refractivity contribution < 1.29 is 13.5 Å². The molecule has 2 aliphatic rings. The summed E-state index contributed by atoms with van der Waals surface area (Å²) in [7, 11) is 0. The molecule has 1 aromatic rings. The van der Waals surface area contributed by atoms with Crippen LogP contribution in [0.2, 0.25) is 0 Å². The van der Waals surface area contributed by atoms with Crippen LogP contribution < -0.4 is 4.74 Å². The summed E-state index contributed by atoms with van der Waals surface area (Å²) >= 11 is 0. The van der Waals surface area contributed by atoms with Crippen LogP contribution >= 0.6 is 0 Å². The van der Waals surface area contributed by atoms with E-state index in [1.54, 1.807) is 24.1 Å². The number of benzene rings is 1. The van der Waals surface area contributed by atoms with Crippen LogP contribution in [0.1, 0.15) is 83.6 Å². The standard InChI is InChI=1S/C28H38F2O/c1-3-5-8-21-11-15-23(16-12-21)24-17-13-22(14-18-24)9-6-7-10-25-19-20-26(31-4-2)28(30)27(25)29/h6,9,11,17,19-20,22-23H,3-5,7-8,10,12-16,18H2,1-2H3. The van der Waals surface area contributed by atoms with Crippen LogP contribution in [0.25, 0.3) is 0 Å². The van der Waals surface area contributed by atoms with Crippen molar-refractivity contribution in [3.05, 3.63) is 64.8 Å². The molecule has 0 saturated carbocycles. The van der Waals surface area contributed by atoms with Gasteiger partial charge in [0.2, 0.25) is 5.82 Å². The third-order valence-corrected chi connectivity index (χ3v) is 6.78. The molecule has 31 heavy (non-hydrogen) atoms. The topological polar surface area (TPSA) is 9.23 Å². The summed E-state index contributed by atoms with van der Waals surface area (Å²) < 4.78 is 33.3. The third-order valence-electron chi connectivity index (χ3n) is 6.78. The quantitative estimate of drug-likeness (QED) is 0.339. The highest BCUT2D eigenvalue weighted by atomic mass is 19.2.